The molecule has 1 heterocycles. The summed E-state index contributed by atoms with van der Waals surface area (Å²) < 4.78 is 0. The van der Waals surface area contributed by atoms with Gasteiger partial charge in [0, 0.05) is 17.4 Å². The molecule has 0 unspecified atom stereocenters. The monoisotopic (exact) mass is 240 g/mol. The number of carbonyl (C=O) groups is 1. The van der Waals surface area contributed by atoms with E-state index in [0.717, 1.165) is 0 Å². The fourth-order valence-electron chi connectivity index (χ4n) is 1.35. The summed E-state index contributed by atoms with van der Waals surface area (Å²) in [6, 6.07) is 12.1. The zero-order valence-electron chi connectivity index (χ0n) is 9.58. The van der Waals surface area contributed by atoms with Gasteiger partial charge in [0.25, 0.3) is 5.91 Å². The van der Waals surface area contributed by atoms with Crippen LogP contribution in [0.2, 0.25) is 0 Å². The highest BCUT2D eigenvalue weighted by molar-refractivity contribution is 5.95. The number of hydrogen-bond acceptors (Lipinski definition) is 4. The van der Waals surface area contributed by atoms with Gasteiger partial charge in [-0.3, -0.25) is 9.78 Å². The van der Waals surface area contributed by atoms with E-state index >= 15 is 0 Å². The minimum absolute atomic E-state index is 0.311. The van der Waals surface area contributed by atoms with E-state index in [-0.39, 0.29) is 5.91 Å². The molecule has 0 bridgehead atoms. The van der Waals surface area contributed by atoms with E-state index in [2.05, 4.69) is 15.5 Å². The molecule has 0 aliphatic carbocycles. The molecule has 0 saturated heterocycles. The average Bonchev–Trinajstić information content (AvgIpc) is 2.40. The Hall–Kier alpha value is -2.69. The van der Waals surface area contributed by atoms with Crippen molar-refractivity contribution in [1.82, 2.24) is 10.4 Å². The maximum Gasteiger partial charge on any atom is 0.271 e. The predicted molar refractivity (Wildman–Crippen MR) is 70.2 cm³/mol. The van der Waals surface area contributed by atoms with Crippen LogP contribution in [0.3, 0.4) is 0 Å². The molecular weight excluding hydrogens is 228 g/mol. The third-order valence-corrected chi connectivity index (χ3v) is 2.20. The molecule has 0 fully saturated rings. The summed E-state index contributed by atoms with van der Waals surface area (Å²) in [6.07, 6.45) is 3.13. The number of nitrogens with zero attached hydrogens (tertiary/aromatic N) is 2. The molecule has 1 aromatic heterocycles. The van der Waals surface area contributed by atoms with Gasteiger partial charge in [-0.15, -0.1) is 0 Å². The van der Waals surface area contributed by atoms with E-state index < -0.39 is 0 Å². The first-order chi connectivity index (χ1) is 8.75. The Labute approximate surface area is 104 Å². The standard InChI is InChI=1S/C13H12N4O/c14-11-5-3-4-10(8-11)13(18)17-16-9-12-6-1-2-7-15-12/h1-9H,14H2,(H,17,18)/b16-9+. The van der Waals surface area contributed by atoms with Crippen molar-refractivity contribution in [2.45, 2.75) is 0 Å². The molecule has 1 amide bonds. The van der Waals surface area contributed by atoms with Crippen molar-refractivity contribution < 1.29 is 4.79 Å². The molecule has 1 aromatic carbocycles. The molecule has 0 spiro atoms. The van der Waals surface area contributed by atoms with E-state index in [1.807, 2.05) is 12.1 Å². The second-order valence-electron chi connectivity index (χ2n) is 3.58. The van der Waals surface area contributed by atoms with Crippen LogP contribution in [0, 0.1) is 0 Å². The van der Waals surface area contributed by atoms with Crippen LogP contribution in [-0.2, 0) is 0 Å². The van der Waals surface area contributed by atoms with Gasteiger partial charge >= 0.3 is 0 Å². The molecule has 3 N–H and O–H groups in total. The summed E-state index contributed by atoms with van der Waals surface area (Å²) >= 11 is 0. The average molecular weight is 240 g/mol. The molecule has 5 heteroatoms. The van der Waals surface area contributed by atoms with Crippen molar-refractivity contribution in [3.05, 3.63) is 59.9 Å². The van der Waals surface area contributed by atoms with Crippen LogP contribution < -0.4 is 11.2 Å². The number of benzene rings is 1. The number of hydrazone groups is 1. The van der Waals surface area contributed by atoms with Gasteiger partial charge in [-0.1, -0.05) is 12.1 Å². The second-order valence-corrected chi connectivity index (χ2v) is 3.58. The fraction of sp³-hybridized carbons (Fsp3) is 0. The summed E-state index contributed by atoms with van der Waals surface area (Å²) in [5.74, 6) is -0.311. The number of carbonyl (C=O) groups excluding carboxylic acids is 1. The molecule has 2 aromatic rings. The first-order valence-electron chi connectivity index (χ1n) is 5.36. The van der Waals surface area contributed by atoms with E-state index in [1.54, 1.807) is 36.5 Å². The van der Waals surface area contributed by atoms with Crippen molar-refractivity contribution in [2.75, 3.05) is 5.73 Å². The van der Waals surface area contributed by atoms with Gasteiger partial charge in [-0.05, 0) is 30.3 Å². The number of rotatable bonds is 3. The SMILES string of the molecule is Nc1cccc(C(=O)N/N=C/c2ccccn2)c1. The first-order valence-corrected chi connectivity index (χ1v) is 5.36. The van der Waals surface area contributed by atoms with E-state index in [9.17, 15) is 4.79 Å². The van der Waals surface area contributed by atoms with Gasteiger partial charge in [0.15, 0.2) is 0 Å². The Morgan fingerprint density at radius 1 is 1.28 bits per heavy atom. The molecule has 0 saturated carbocycles. The van der Waals surface area contributed by atoms with Crippen LogP contribution in [-0.4, -0.2) is 17.1 Å². The van der Waals surface area contributed by atoms with Crippen LogP contribution in [0.15, 0.2) is 53.8 Å². The summed E-state index contributed by atoms with van der Waals surface area (Å²) in [7, 11) is 0. The molecule has 0 aliphatic rings. The maximum atomic E-state index is 11.7. The number of pyridine rings is 1. The minimum Gasteiger partial charge on any atom is -0.399 e. The van der Waals surface area contributed by atoms with Crippen molar-refractivity contribution >= 4 is 17.8 Å². The Balaban J connectivity index is 1.99. The fourth-order valence-corrected chi connectivity index (χ4v) is 1.35. The number of nitrogen functional groups attached to an aromatic ring is 1. The Bertz CT molecular complexity index is 566. The number of amides is 1. The van der Waals surface area contributed by atoms with Crippen LogP contribution in [0.1, 0.15) is 16.1 Å². The second kappa shape index (κ2) is 5.58. The quantitative estimate of drug-likeness (QED) is 0.484. The Kier molecular flexibility index (Phi) is 3.66. The van der Waals surface area contributed by atoms with E-state index in [4.69, 9.17) is 5.73 Å². The number of anilines is 1. The lowest BCUT2D eigenvalue weighted by atomic mass is 10.2. The third-order valence-electron chi connectivity index (χ3n) is 2.20. The number of aromatic nitrogens is 1. The van der Waals surface area contributed by atoms with Gasteiger partial charge < -0.3 is 5.73 Å². The topological polar surface area (TPSA) is 80.4 Å². The summed E-state index contributed by atoms with van der Waals surface area (Å²) in [6.45, 7) is 0. The number of nitrogens with one attached hydrogen (secondary N) is 1. The lowest BCUT2D eigenvalue weighted by Crippen LogP contribution is -2.17. The molecule has 0 aliphatic heterocycles. The van der Waals surface area contributed by atoms with Crippen molar-refractivity contribution in [3.8, 4) is 0 Å². The lowest BCUT2D eigenvalue weighted by molar-refractivity contribution is 0.0955. The van der Waals surface area contributed by atoms with E-state index in [0.29, 0.717) is 16.9 Å². The largest absolute Gasteiger partial charge is 0.399 e. The van der Waals surface area contributed by atoms with Crippen LogP contribution in [0.5, 0.6) is 0 Å². The lowest BCUT2D eigenvalue weighted by Gasteiger charge is -2.00. The van der Waals surface area contributed by atoms with E-state index in [1.165, 1.54) is 6.21 Å². The molecule has 5 nitrogen and oxygen atoms in total. The maximum absolute atomic E-state index is 11.7. The highest BCUT2D eigenvalue weighted by atomic mass is 16.2. The summed E-state index contributed by atoms with van der Waals surface area (Å²) in [5, 5.41) is 3.82. The molecule has 90 valence electrons. The zero-order chi connectivity index (χ0) is 12.8. The zero-order valence-corrected chi connectivity index (χ0v) is 9.58. The van der Waals surface area contributed by atoms with Crippen LogP contribution >= 0.6 is 0 Å². The van der Waals surface area contributed by atoms with Gasteiger partial charge in [-0.25, -0.2) is 5.43 Å². The Morgan fingerprint density at radius 3 is 2.89 bits per heavy atom. The van der Waals surface area contributed by atoms with Gasteiger partial charge in [0.2, 0.25) is 0 Å². The van der Waals surface area contributed by atoms with Crippen LogP contribution in [0.25, 0.3) is 0 Å². The predicted octanol–water partition coefficient (Wildman–Crippen LogP) is 1.43. The normalized spacial score (nSPS) is 10.4. The number of hydrogen-bond donors (Lipinski definition) is 2. The van der Waals surface area contributed by atoms with Gasteiger partial charge in [0.05, 0.1) is 11.9 Å². The van der Waals surface area contributed by atoms with Crippen molar-refractivity contribution in [1.29, 1.82) is 0 Å². The third kappa shape index (κ3) is 3.15. The van der Waals surface area contributed by atoms with Crippen LogP contribution in [0.4, 0.5) is 5.69 Å². The molecule has 0 atom stereocenters. The van der Waals surface area contributed by atoms with Gasteiger partial charge in [0.1, 0.15) is 0 Å². The smallest absolute Gasteiger partial charge is 0.271 e. The highest BCUT2D eigenvalue weighted by Crippen LogP contribution is 2.05. The highest BCUT2D eigenvalue weighted by Gasteiger charge is 2.03. The first kappa shape index (κ1) is 11.8. The van der Waals surface area contributed by atoms with Crippen molar-refractivity contribution in [3.63, 3.8) is 0 Å². The van der Waals surface area contributed by atoms with Gasteiger partial charge in [-0.2, -0.15) is 5.10 Å². The van der Waals surface area contributed by atoms with Crippen molar-refractivity contribution in [2.24, 2.45) is 5.10 Å². The molecular formula is C13H12N4O. The number of nitrogens with two attached hydrogens (primary N) is 1. The molecule has 18 heavy (non-hydrogen) atoms. The molecule has 2 rings (SSSR count). The summed E-state index contributed by atoms with van der Waals surface area (Å²) in [5.41, 5.74) is 9.67. The molecule has 0 radical (unpaired) electrons. The minimum atomic E-state index is -0.311. The summed E-state index contributed by atoms with van der Waals surface area (Å²) in [4.78, 5) is 15.7. The Morgan fingerprint density at radius 2 is 2.17 bits per heavy atom.